The minimum atomic E-state index is -0.954. The smallest absolute Gasteiger partial charge is 0.226 e. The van der Waals surface area contributed by atoms with Crippen molar-refractivity contribution >= 4 is 22.9 Å². The Hall–Kier alpha value is -3.69. The van der Waals surface area contributed by atoms with Crippen molar-refractivity contribution in [2.75, 3.05) is 5.32 Å². The van der Waals surface area contributed by atoms with Gasteiger partial charge in [0.1, 0.15) is 17.7 Å². The Morgan fingerprint density at radius 3 is 2.86 bits per heavy atom. The predicted octanol–water partition coefficient (Wildman–Crippen LogP) is 2.60. The van der Waals surface area contributed by atoms with Crippen LogP contribution >= 0.6 is 0 Å². The molecule has 0 fully saturated rings. The van der Waals surface area contributed by atoms with E-state index in [9.17, 15) is 13.6 Å². The number of nitrogens with one attached hydrogen (secondary N) is 2. The molecular weight excluding hydrogens is 368 g/mol. The molecule has 4 heterocycles. The summed E-state index contributed by atoms with van der Waals surface area (Å²) >= 11 is 0. The van der Waals surface area contributed by atoms with Gasteiger partial charge in [0, 0.05) is 17.9 Å². The molecule has 0 aliphatic carbocycles. The maximum absolute atomic E-state index is 13.8. The van der Waals surface area contributed by atoms with Crippen LogP contribution in [0.25, 0.3) is 17.0 Å². The molecule has 0 spiro atoms. The summed E-state index contributed by atoms with van der Waals surface area (Å²) in [6.07, 6.45) is 2.96. The Bertz CT molecular complexity index is 1250. The molecule has 4 aromatic rings. The van der Waals surface area contributed by atoms with E-state index in [-0.39, 0.29) is 12.3 Å². The lowest BCUT2D eigenvalue weighted by atomic mass is 9.86. The van der Waals surface area contributed by atoms with Crippen molar-refractivity contribution in [3.63, 3.8) is 0 Å². The molecule has 3 aromatic heterocycles. The molecule has 1 aliphatic rings. The van der Waals surface area contributed by atoms with Crippen molar-refractivity contribution in [2.24, 2.45) is 0 Å². The molecule has 28 heavy (non-hydrogen) atoms. The number of hydrogen-bond donors (Lipinski definition) is 2. The van der Waals surface area contributed by atoms with Crippen LogP contribution in [-0.4, -0.2) is 35.6 Å². The van der Waals surface area contributed by atoms with Gasteiger partial charge in [0.25, 0.3) is 0 Å². The fraction of sp³-hybridized carbons (Fsp3) is 0.167. The van der Waals surface area contributed by atoms with Gasteiger partial charge >= 0.3 is 0 Å². The van der Waals surface area contributed by atoms with Crippen LogP contribution in [0.1, 0.15) is 29.2 Å². The average Bonchev–Trinajstić information content (AvgIpc) is 3.28. The molecule has 0 bridgehead atoms. The molecule has 1 aromatic carbocycles. The number of carbonyl (C=O) groups excluding carboxylic acids is 1. The number of fused-ring (bicyclic) bond motifs is 2. The number of aromatic amines is 1. The second kappa shape index (κ2) is 5.91. The zero-order valence-electron chi connectivity index (χ0n) is 14.6. The number of benzene rings is 1. The number of halogens is 2. The van der Waals surface area contributed by atoms with Crippen LogP contribution in [0.2, 0.25) is 0 Å². The average molecular weight is 381 g/mol. The fourth-order valence-corrected chi connectivity index (χ4v) is 3.63. The van der Waals surface area contributed by atoms with Gasteiger partial charge in [-0.1, -0.05) is 6.07 Å². The number of amides is 1. The maximum Gasteiger partial charge on any atom is 0.226 e. The molecule has 1 amide bonds. The van der Waals surface area contributed by atoms with E-state index in [1.165, 1.54) is 23.4 Å². The van der Waals surface area contributed by atoms with Crippen molar-refractivity contribution in [1.82, 2.24) is 29.7 Å². The molecule has 10 heteroatoms. The van der Waals surface area contributed by atoms with Gasteiger partial charge in [0.2, 0.25) is 5.91 Å². The van der Waals surface area contributed by atoms with Crippen LogP contribution in [-0.2, 0) is 4.79 Å². The first kappa shape index (κ1) is 16.5. The van der Waals surface area contributed by atoms with Crippen LogP contribution in [0.15, 0.2) is 30.9 Å². The maximum atomic E-state index is 13.8. The summed E-state index contributed by atoms with van der Waals surface area (Å²) < 4.78 is 28.7. The van der Waals surface area contributed by atoms with E-state index in [0.717, 1.165) is 17.7 Å². The number of anilines is 1. The molecular formula is C18H13F2N7O. The van der Waals surface area contributed by atoms with E-state index in [1.54, 1.807) is 6.92 Å². The summed E-state index contributed by atoms with van der Waals surface area (Å²) in [5, 5.41) is 7.37. The highest BCUT2D eigenvalue weighted by atomic mass is 19.2. The number of aryl methyl sites for hydroxylation is 1. The van der Waals surface area contributed by atoms with Gasteiger partial charge in [-0.25, -0.2) is 23.7 Å². The highest BCUT2D eigenvalue weighted by Crippen LogP contribution is 2.40. The minimum Gasteiger partial charge on any atom is -0.340 e. The standard InChI is InChI=1S/C18H13F2N7O/c1-8-14-10(9-2-3-11(19)12(20)4-9)5-13(28)25-17(14)27(26-8)18-15-16(22-6-21-15)23-7-24-18/h2-4,6-7,10H,5H2,1H3,(H,25,28)(H,21,22,23,24)/t10-/m1/s1. The zero-order valence-corrected chi connectivity index (χ0v) is 14.6. The van der Waals surface area contributed by atoms with E-state index in [4.69, 9.17) is 0 Å². The Kier molecular flexibility index (Phi) is 3.48. The minimum absolute atomic E-state index is 0.105. The van der Waals surface area contributed by atoms with E-state index in [1.807, 2.05) is 0 Å². The molecule has 0 unspecified atom stereocenters. The van der Waals surface area contributed by atoms with Gasteiger partial charge in [0.05, 0.1) is 12.0 Å². The summed E-state index contributed by atoms with van der Waals surface area (Å²) in [5.41, 5.74) is 2.92. The molecule has 2 N–H and O–H groups in total. The molecule has 0 saturated heterocycles. The van der Waals surface area contributed by atoms with Gasteiger partial charge in [-0.15, -0.1) is 0 Å². The molecule has 1 atom stereocenters. The zero-order chi connectivity index (χ0) is 19.4. The number of H-pyrrole nitrogens is 1. The Morgan fingerprint density at radius 2 is 2.04 bits per heavy atom. The quantitative estimate of drug-likeness (QED) is 0.556. The topological polar surface area (TPSA) is 101 Å². The summed E-state index contributed by atoms with van der Waals surface area (Å²) in [7, 11) is 0. The largest absolute Gasteiger partial charge is 0.340 e. The van der Waals surface area contributed by atoms with Crippen molar-refractivity contribution in [2.45, 2.75) is 19.3 Å². The lowest BCUT2D eigenvalue weighted by Gasteiger charge is -2.24. The first-order chi connectivity index (χ1) is 13.5. The lowest BCUT2D eigenvalue weighted by molar-refractivity contribution is -0.116. The van der Waals surface area contributed by atoms with Gasteiger partial charge in [-0.05, 0) is 24.6 Å². The summed E-state index contributed by atoms with van der Waals surface area (Å²) in [4.78, 5) is 27.8. The number of imidazole rings is 1. The fourth-order valence-electron chi connectivity index (χ4n) is 3.63. The molecule has 8 nitrogen and oxygen atoms in total. The van der Waals surface area contributed by atoms with E-state index in [2.05, 4.69) is 30.4 Å². The third-order valence-corrected chi connectivity index (χ3v) is 4.85. The van der Waals surface area contributed by atoms with E-state index in [0.29, 0.717) is 34.1 Å². The van der Waals surface area contributed by atoms with E-state index >= 15 is 0 Å². The van der Waals surface area contributed by atoms with Crippen molar-refractivity contribution < 1.29 is 13.6 Å². The van der Waals surface area contributed by atoms with Crippen LogP contribution in [0.4, 0.5) is 14.6 Å². The van der Waals surface area contributed by atoms with Gasteiger partial charge in [0.15, 0.2) is 23.1 Å². The summed E-state index contributed by atoms with van der Waals surface area (Å²) in [6, 6.07) is 3.67. The highest BCUT2D eigenvalue weighted by molar-refractivity contribution is 5.95. The molecule has 0 radical (unpaired) electrons. The predicted molar refractivity (Wildman–Crippen MR) is 95.0 cm³/mol. The Balaban J connectivity index is 1.72. The molecule has 5 rings (SSSR count). The van der Waals surface area contributed by atoms with Crippen molar-refractivity contribution in [3.8, 4) is 5.82 Å². The first-order valence-corrected chi connectivity index (χ1v) is 8.51. The van der Waals surface area contributed by atoms with Gasteiger partial charge < -0.3 is 10.3 Å². The van der Waals surface area contributed by atoms with E-state index < -0.39 is 17.6 Å². The summed E-state index contributed by atoms with van der Waals surface area (Å²) in [6.45, 7) is 1.80. The number of hydrogen-bond acceptors (Lipinski definition) is 5. The molecule has 0 saturated carbocycles. The second-order valence-corrected chi connectivity index (χ2v) is 6.54. The van der Waals surface area contributed by atoms with Crippen LogP contribution < -0.4 is 5.32 Å². The normalized spacial score (nSPS) is 16.2. The molecule has 1 aliphatic heterocycles. The SMILES string of the molecule is Cc1nn(-c2ncnc3nc[nH]c23)c2c1[C@@H](c1ccc(F)c(F)c1)CC(=O)N2. The number of aromatic nitrogens is 6. The highest BCUT2D eigenvalue weighted by Gasteiger charge is 2.33. The number of rotatable bonds is 2. The third-order valence-electron chi connectivity index (χ3n) is 4.85. The third kappa shape index (κ3) is 2.38. The van der Waals surface area contributed by atoms with Crippen LogP contribution in [0.5, 0.6) is 0 Å². The van der Waals surface area contributed by atoms with Crippen LogP contribution in [0.3, 0.4) is 0 Å². The summed E-state index contributed by atoms with van der Waals surface area (Å²) in [5.74, 6) is -1.72. The number of carbonyl (C=O) groups is 1. The Labute approximate surface area is 156 Å². The van der Waals surface area contributed by atoms with Gasteiger partial charge in [-0.2, -0.15) is 9.78 Å². The first-order valence-electron chi connectivity index (χ1n) is 8.51. The Morgan fingerprint density at radius 1 is 1.18 bits per heavy atom. The lowest BCUT2D eigenvalue weighted by Crippen LogP contribution is -2.25. The number of nitrogens with zero attached hydrogens (tertiary/aromatic N) is 5. The van der Waals surface area contributed by atoms with Crippen molar-refractivity contribution in [3.05, 3.63) is 59.3 Å². The monoisotopic (exact) mass is 381 g/mol. The molecule has 140 valence electrons. The van der Waals surface area contributed by atoms with Crippen LogP contribution in [0, 0.1) is 18.6 Å². The second-order valence-electron chi connectivity index (χ2n) is 6.54. The van der Waals surface area contributed by atoms with Crippen molar-refractivity contribution in [1.29, 1.82) is 0 Å². The van der Waals surface area contributed by atoms with Gasteiger partial charge in [-0.3, -0.25) is 4.79 Å².